The number of hydrogen-bond donors (Lipinski definition) is 3. The van der Waals surface area contributed by atoms with E-state index < -0.39 is 23.9 Å². The molecule has 108 valence electrons. The minimum atomic E-state index is -1.27. The molecule has 0 saturated carbocycles. The van der Waals surface area contributed by atoms with Crippen molar-refractivity contribution in [3.05, 3.63) is 32.7 Å². The third kappa shape index (κ3) is 4.93. The molecular formula is C12H11Br2NO5. The molecule has 0 saturated heterocycles. The Hall–Kier alpha value is -1.41. The van der Waals surface area contributed by atoms with Gasteiger partial charge in [-0.25, -0.2) is 4.79 Å². The molecule has 1 atom stereocenters. The van der Waals surface area contributed by atoms with Crippen LogP contribution in [0.2, 0.25) is 0 Å². The summed E-state index contributed by atoms with van der Waals surface area (Å²) in [6.45, 7) is 0. The number of carbonyl (C=O) groups excluding carboxylic acids is 1. The highest BCUT2D eigenvalue weighted by Gasteiger charge is 2.22. The van der Waals surface area contributed by atoms with Gasteiger partial charge in [0, 0.05) is 15.4 Å². The lowest BCUT2D eigenvalue weighted by atomic mass is 10.1. The van der Waals surface area contributed by atoms with E-state index in [0.29, 0.717) is 8.95 Å². The fourth-order valence-electron chi connectivity index (χ4n) is 1.43. The summed E-state index contributed by atoms with van der Waals surface area (Å²) in [5, 5.41) is 19.8. The highest BCUT2D eigenvalue weighted by Crippen LogP contribution is 2.21. The molecule has 0 aromatic heterocycles. The van der Waals surface area contributed by atoms with Crippen molar-refractivity contribution in [2.24, 2.45) is 0 Å². The fraction of sp³-hybridized carbons (Fsp3) is 0.250. The van der Waals surface area contributed by atoms with Gasteiger partial charge in [0.1, 0.15) is 6.04 Å². The average molecular weight is 409 g/mol. The van der Waals surface area contributed by atoms with Crippen molar-refractivity contribution in [1.29, 1.82) is 0 Å². The number of halogens is 2. The largest absolute Gasteiger partial charge is 0.481 e. The third-order valence-electron chi connectivity index (χ3n) is 2.42. The molecule has 0 aliphatic rings. The van der Waals surface area contributed by atoms with E-state index in [4.69, 9.17) is 10.2 Å². The van der Waals surface area contributed by atoms with Crippen LogP contribution in [0.5, 0.6) is 0 Å². The van der Waals surface area contributed by atoms with Gasteiger partial charge in [-0.1, -0.05) is 15.9 Å². The molecule has 0 unspecified atom stereocenters. The summed E-state index contributed by atoms with van der Waals surface area (Å²) in [5.41, 5.74) is 0.265. The van der Waals surface area contributed by atoms with Crippen molar-refractivity contribution >= 4 is 49.7 Å². The fourth-order valence-corrected chi connectivity index (χ4v) is 2.22. The summed E-state index contributed by atoms with van der Waals surface area (Å²) >= 11 is 6.41. The SMILES string of the molecule is O=C(O)CC[C@H](NC(=O)c1cc(Br)ccc1Br)C(=O)O. The number of amides is 1. The van der Waals surface area contributed by atoms with Crippen LogP contribution >= 0.6 is 31.9 Å². The van der Waals surface area contributed by atoms with E-state index in [1.807, 2.05) is 0 Å². The Morgan fingerprint density at radius 2 is 1.85 bits per heavy atom. The van der Waals surface area contributed by atoms with Gasteiger partial charge in [0.25, 0.3) is 5.91 Å². The predicted molar refractivity (Wildman–Crippen MR) is 77.6 cm³/mol. The highest BCUT2D eigenvalue weighted by atomic mass is 79.9. The van der Waals surface area contributed by atoms with Gasteiger partial charge in [0.05, 0.1) is 5.56 Å². The van der Waals surface area contributed by atoms with Crippen LogP contribution in [0.1, 0.15) is 23.2 Å². The Balaban J connectivity index is 2.82. The Morgan fingerprint density at radius 3 is 2.40 bits per heavy atom. The Labute approximate surface area is 131 Å². The van der Waals surface area contributed by atoms with Gasteiger partial charge in [-0.2, -0.15) is 0 Å². The molecule has 6 nitrogen and oxygen atoms in total. The van der Waals surface area contributed by atoms with Crippen LogP contribution in [0.4, 0.5) is 0 Å². The van der Waals surface area contributed by atoms with E-state index in [9.17, 15) is 14.4 Å². The predicted octanol–water partition coefficient (Wildman–Crippen LogP) is 2.26. The number of carbonyl (C=O) groups is 3. The molecule has 3 N–H and O–H groups in total. The molecule has 0 radical (unpaired) electrons. The smallest absolute Gasteiger partial charge is 0.326 e. The zero-order chi connectivity index (χ0) is 15.3. The third-order valence-corrected chi connectivity index (χ3v) is 3.61. The second-order valence-electron chi connectivity index (χ2n) is 3.92. The maximum atomic E-state index is 12.0. The minimum Gasteiger partial charge on any atom is -0.481 e. The lowest BCUT2D eigenvalue weighted by Gasteiger charge is -2.14. The summed E-state index contributed by atoms with van der Waals surface area (Å²) < 4.78 is 1.18. The highest BCUT2D eigenvalue weighted by molar-refractivity contribution is 9.11. The molecule has 8 heteroatoms. The van der Waals surface area contributed by atoms with Crippen molar-refractivity contribution in [2.75, 3.05) is 0 Å². The second-order valence-corrected chi connectivity index (χ2v) is 5.69. The molecular weight excluding hydrogens is 398 g/mol. The molecule has 1 aromatic rings. The molecule has 0 aliphatic heterocycles. The monoisotopic (exact) mass is 407 g/mol. The summed E-state index contributed by atoms with van der Waals surface area (Å²) in [4.78, 5) is 33.5. The molecule has 0 spiro atoms. The van der Waals surface area contributed by atoms with Gasteiger partial charge < -0.3 is 15.5 Å². The number of benzene rings is 1. The molecule has 1 rings (SSSR count). The van der Waals surface area contributed by atoms with Gasteiger partial charge in [0.2, 0.25) is 0 Å². The second kappa shape index (κ2) is 7.39. The zero-order valence-corrected chi connectivity index (χ0v) is 13.3. The van der Waals surface area contributed by atoms with Crippen LogP contribution in [-0.2, 0) is 9.59 Å². The standard InChI is InChI=1S/C12H11Br2NO5/c13-6-1-2-8(14)7(5-6)11(18)15-9(12(19)20)3-4-10(16)17/h1-2,5,9H,3-4H2,(H,15,18)(H,16,17)(H,19,20)/t9-/m0/s1. The lowest BCUT2D eigenvalue weighted by molar-refractivity contribution is -0.140. The summed E-state index contributed by atoms with van der Waals surface area (Å²) in [6.07, 6.45) is -0.515. The Kier molecular flexibility index (Phi) is 6.15. The van der Waals surface area contributed by atoms with Crippen molar-refractivity contribution in [2.45, 2.75) is 18.9 Å². The number of carboxylic acids is 2. The maximum Gasteiger partial charge on any atom is 0.326 e. The van der Waals surface area contributed by atoms with Crippen LogP contribution in [0, 0.1) is 0 Å². The quantitative estimate of drug-likeness (QED) is 0.669. The molecule has 1 amide bonds. The van der Waals surface area contributed by atoms with Crippen LogP contribution in [0.3, 0.4) is 0 Å². The topological polar surface area (TPSA) is 104 Å². The van der Waals surface area contributed by atoms with Crippen LogP contribution in [0.25, 0.3) is 0 Å². The first-order valence-corrected chi connectivity index (χ1v) is 7.10. The maximum absolute atomic E-state index is 12.0. The number of rotatable bonds is 6. The zero-order valence-electron chi connectivity index (χ0n) is 10.1. The summed E-state index contributed by atoms with van der Waals surface area (Å²) in [5.74, 6) is -2.98. The van der Waals surface area contributed by atoms with Gasteiger partial charge >= 0.3 is 11.9 Å². The van der Waals surface area contributed by atoms with E-state index in [-0.39, 0.29) is 18.4 Å². The molecule has 1 aromatic carbocycles. The first-order chi connectivity index (χ1) is 9.31. The molecule has 0 aliphatic carbocycles. The molecule has 0 bridgehead atoms. The van der Waals surface area contributed by atoms with Crippen molar-refractivity contribution < 1.29 is 24.6 Å². The number of nitrogens with one attached hydrogen (secondary N) is 1. The first-order valence-electron chi connectivity index (χ1n) is 5.51. The van der Waals surface area contributed by atoms with Crippen molar-refractivity contribution in [3.8, 4) is 0 Å². The van der Waals surface area contributed by atoms with E-state index in [0.717, 1.165) is 0 Å². The molecule has 20 heavy (non-hydrogen) atoms. The van der Waals surface area contributed by atoms with Gasteiger partial charge in [-0.3, -0.25) is 9.59 Å². The first kappa shape index (κ1) is 16.6. The number of carboxylic acid groups (broad SMARTS) is 2. The Bertz CT molecular complexity index is 547. The Morgan fingerprint density at radius 1 is 1.20 bits per heavy atom. The minimum absolute atomic E-state index is 0.179. The van der Waals surface area contributed by atoms with E-state index in [1.165, 1.54) is 6.07 Å². The number of aliphatic carboxylic acids is 2. The van der Waals surface area contributed by atoms with Gasteiger partial charge in [-0.05, 0) is 40.5 Å². The van der Waals surface area contributed by atoms with E-state index in [2.05, 4.69) is 37.2 Å². The molecule has 0 heterocycles. The lowest BCUT2D eigenvalue weighted by Crippen LogP contribution is -2.41. The normalized spacial score (nSPS) is 11.7. The van der Waals surface area contributed by atoms with Crippen LogP contribution in [-0.4, -0.2) is 34.1 Å². The molecule has 0 fully saturated rings. The van der Waals surface area contributed by atoms with Gasteiger partial charge in [-0.15, -0.1) is 0 Å². The number of hydrogen-bond acceptors (Lipinski definition) is 3. The average Bonchev–Trinajstić information content (AvgIpc) is 2.36. The summed E-state index contributed by atoms with van der Waals surface area (Å²) in [6, 6.07) is 3.66. The summed E-state index contributed by atoms with van der Waals surface area (Å²) in [7, 11) is 0. The van der Waals surface area contributed by atoms with Crippen LogP contribution < -0.4 is 5.32 Å². The van der Waals surface area contributed by atoms with E-state index in [1.54, 1.807) is 12.1 Å². The van der Waals surface area contributed by atoms with Crippen molar-refractivity contribution in [3.63, 3.8) is 0 Å². The van der Waals surface area contributed by atoms with Gasteiger partial charge in [0.15, 0.2) is 0 Å². The van der Waals surface area contributed by atoms with Crippen molar-refractivity contribution in [1.82, 2.24) is 5.32 Å². The van der Waals surface area contributed by atoms with Crippen LogP contribution in [0.15, 0.2) is 27.1 Å². The van der Waals surface area contributed by atoms with E-state index >= 15 is 0 Å².